The third kappa shape index (κ3) is 5.68. The molecule has 0 saturated heterocycles. The van der Waals surface area contributed by atoms with E-state index < -0.39 is 26.7 Å². The summed E-state index contributed by atoms with van der Waals surface area (Å²) in [6, 6.07) is 11.1. The van der Waals surface area contributed by atoms with E-state index >= 15 is 0 Å². The van der Waals surface area contributed by atoms with Crippen LogP contribution >= 0.6 is 0 Å². The molecule has 160 valence electrons. The van der Waals surface area contributed by atoms with Crippen molar-refractivity contribution in [1.29, 1.82) is 10.0 Å². The number of rotatable bonds is 6. The van der Waals surface area contributed by atoms with Crippen molar-refractivity contribution in [3.63, 3.8) is 0 Å². The first kappa shape index (κ1) is 23.6. The van der Waals surface area contributed by atoms with Gasteiger partial charge in [-0.05, 0) is 59.4 Å². The summed E-state index contributed by atoms with van der Waals surface area (Å²) < 4.78 is 34.0. The Hall–Kier alpha value is -2.70. The highest BCUT2D eigenvalue weighted by Crippen LogP contribution is 2.33. The van der Waals surface area contributed by atoms with Gasteiger partial charge < -0.3 is 5.32 Å². The van der Waals surface area contributed by atoms with Gasteiger partial charge in [-0.2, -0.15) is 5.26 Å². The van der Waals surface area contributed by atoms with Gasteiger partial charge in [-0.25, -0.2) is 13.2 Å². The molecular formula is C21H26N4O3S2. The average Bonchev–Trinajstić information content (AvgIpc) is 2.66. The van der Waals surface area contributed by atoms with Crippen molar-refractivity contribution in [1.82, 2.24) is 4.72 Å². The van der Waals surface area contributed by atoms with Gasteiger partial charge in [0.15, 0.2) is 9.84 Å². The monoisotopic (exact) mass is 446 g/mol. The van der Waals surface area contributed by atoms with E-state index in [-0.39, 0.29) is 16.7 Å². The van der Waals surface area contributed by atoms with Gasteiger partial charge in [0.25, 0.3) is 0 Å². The summed E-state index contributed by atoms with van der Waals surface area (Å²) in [6.07, 6.45) is 1.12. The van der Waals surface area contributed by atoms with Crippen molar-refractivity contribution >= 4 is 32.4 Å². The van der Waals surface area contributed by atoms with Crippen molar-refractivity contribution < 1.29 is 13.2 Å². The molecule has 1 atom stereocenters. The maximum absolute atomic E-state index is 12.6. The number of anilines is 1. The quantitative estimate of drug-likeness (QED) is 0.596. The summed E-state index contributed by atoms with van der Waals surface area (Å²) in [6.45, 7) is 7.95. The molecule has 2 aromatic rings. The first-order valence-corrected chi connectivity index (χ1v) is 12.5. The topological polar surface area (TPSA) is 123 Å². The van der Waals surface area contributed by atoms with Crippen LogP contribution in [0.4, 0.5) is 10.5 Å². The van der Waals surface area contributed by atoms with Crippen LogP contribution in [-0.2, 0) is 20.7 Å². The molecule has 2 amide bonds. The number of nitriles is 1. The van der Waals surface area contributed by atoms with E-state index in [1.807, 2.05) is 27.7 Å². The summed E-state index contributed by atoms with van der Waals surface area (Å²) in [7, 11) is -4.69. The number of carbonyl (C=O) groups excluding carboxylic acids is 1. The van der Waals surface area contributed by atoms with Crippen molar-refractivity contribution in [2.45, 2.75) is 49.3 Å². The minimum atomic E-state index is -3.32. The smallest absolute Gasteiger partial charge is 0.307 e. The van der Waals surface area contributed by atoms with Crippen LogP contribution in [0.2, 0.25) is 0 Å². The number of benzene rings is 2. The molecule has 0 spiro atoms. The Labute approximate surface area is 180 Å². The highest BCUT2D eigenvalue weighted by Gasteiger charge is 2.18. The molecule has 0 heterocycles. The number of nitrogens with zero attached hydrogens (tertiary/aromatic N) is 1. The molecule has 3 N–H and O–H groups in total. The molecule has 0 aliphatic carbocycles. The number of hydrogen-bond acceptors (Lipinski definition) is 5. The van der Waals surface area contributed by atoms with Gasteiger partial charge in [0.2, 0.25) is 0 Å². The maximum atomic E-state index is 12.6. The van der Waals surface area contributed by atoms with E-state index in [2.05, 4.69) is 16.1 Å². The molecule has 0 aromatic heterocycles. The molecule has 2 rings (SSSR count). The Bertz CT molecular complexity index is 1090. The Morgan fingerprint density at radius 1 is 1.07 bits per heavy atom. The van der Waals surface area contributed by atoms with Crippen LogP contribution in [-0.4, -0.2) is 20.7 Å². The zero-order valence-electron chi connectivity index (χ0n) is 17.6. The number of nitrogens with one attached hydrogen (secondary N) is 3. The Morgan fingerprint density at radius 2 is 1.57 bits per heavy atom. The number of carbonyl (C=O) groups is 1. The summed E-state index contributed by atoms with van der Waals surface area (Å²) in [4.78, 5) is 13.3. The normalized spacial score (nSPS) is 12.5. The second-order valence-electron chi connectivity index (χ2n) is 7.56. The van der Waals surface area contributed by atoms with Crippen molar-refractivity contribution in [2.24, 2.45) is 0 Å². The molecule has 1 unspecified atom stereocenters. The number of urea groups is 1. The molecule has 9 heteroatoms. The molecule has 0 saturated carbocycles. The lowest BCUT2D eigenvalue weighted by Gasteiger charge is -2.21. The van der Waals surface area contributed by atoms with Gasteiger partial charge in [0.05, 0.1) is 16.5 Å². The zero-order chi connectivity index (χ0) is 22.6. The zero-order valence-corrected chi connectivity index (χ0v) is 19.2. The average molecular weight is 447 g/mol. The molecule has 7 nitrogen and oxygen atoms in total. The van der Waals surface area contributed by atoms with Crippen molar-refractivity contribution in [3.05, 3.63) is 53.1 Å². The van der Waals surface area contributed by atoms with Crippen molar-refractivity contribution in [3.8, 4) is 6.07 Å². The lowest BCUT2D eigenvalue weighted by atomic mass is 9.90. The van der Waals surface area contributed by atoms with E-state index in [0.717, 1.165) is 17.4 Å². The van der Waals surface area contributed by atoms with Gasteiger partial charge >= 0.3 is 6.03 Å². The van der Waals surface area contributed by atoms with E-state index in [9.17, 15) is 18.5 Å². The summed E-state index contributed by atoms with van der Waals surface area (Å²) in [5, 5.41) is 12.2. The number of amides is 2. The van der Waals surface area contributed by atoms with Gasteiger partial charge in [0, 0.05) is 27.7 Å². The van der Waals surface area contributed by atoms with Crippen LogP contribution in [0.15, 0.2) is 46.2 Å². The second kappa shape index (κ2) is 9.41. The number of hydrogen-bond donors (Lipinski definition) is 3. The van der Waals surface area contributed by atoms with Crippen LogP contribution in [0.1, 0.15) is 56.2 Å². The van der Waals surface area contributed by atoms with Crippen LogP contribution in [0.25, 0.3) is 0 Å². The molecule has 0 fully saturated rings. The molecule has 2 aromatic carbocycles. The standard InChI is InChI=1S/C21H26N4O3S2/c1-13(2)18-10-15(12-22)11-19(14(3)4)20(18)24-21(26)25-29(23)16-6-8-17(9-7-16)30(5,27)28/h6-11,13-14H,1-5H3,(H3,23,24,25,26). The minimum Gasteiger partial charge on any atom is -0.307 e. The third-order valence-electron chi connectivity index (χ3n) is 4.49. The van der Waals surface area contributed by atoms with Gasteiger partial charge in [-0.15, -0.1) is 0 Å². The summed E-state index contributed by atoms with van der Waals surface area (Å²) >= 11 is 0. The van der Waals surface area contributed by atoms with Gasteiger partial charge in [0.1, 0.15) is 0 Å². The van der Waals surface area contributed by atoms with E-state index in [1.54, 1.807) is 12.1 Å². The predicted octanol–water partition coefficient (Wildman–Crippen LogP) is 4.68. The van der Waals surface area contributed by atoms with Gasteiger partial charge in [-0.1, -0.05) is 27.7 Å². The first-order chi connectivity index (χ1) is 13.9. The number of sulfone groups is 1. The van der Waals surface area contributed by atoms with Gasteiger partial charge in [-0.3, -0.25) is 9.50 Å². The fraction of sp³-hybridized carbons (Fsp3) is 0.333. The maximum Gasteiger partial charge on any atom is 0.330 e. The molecule has 0 aliphatic rings. The lowest BCUT2D eigenvalue weighted by Crippen LogP contribution is -2.31. The molecule has 0 aliphatic heterocycles. The predicted molar refractivity (Wildman–Crippen MR) is 119 cm³/mol. The van der Waals surface area contributed by atoms with Crippen molar-refractivity contribution in [2.75, 3.05) is 11.6 Å². The molecular weight excluding hydrogens is 420 g/mol. The highest BCUT2D eigenvalue weighted by molar-refractivity contribution is 7.90. The Morgan fingerprint density at radius 3 is 1.97 bits per heavy atom. The molecule has 0 radical (unpaired) electrons. The van der Waals surface area contributed by atoms with E-state index in [4.69, 9.17) is 4.78 Å². The fourth-order valence-electron chi connectivity index (χ4n) is 2.92. The summed E-state index contributed by atoms with van der Waals surface area (Å²) in [5.74, 6) is 0.174. The second-order valence-corrected chi connectivity index (χ2v) is 10.9. The van der Waals surface area contributed by atoms with E-state index in [0.29, 0.717) is 16.1 Å². The molecule has 30 heavy (non-hydrogen) atoms. The largest absolute Gasteiger partial charge is 0.330 e. The lowest BCUT2D eigenvalue weighted by molar-refractivity contribution is 0.257. The van der Waals surface area contributed by atoms with Crippen LogP contribution in [0, 0.1) is 16.1 Å². The first-order valence-electron chi connectivity index (χ1n) is 9.35. The fourth-order valence-corrected chi connectivity index (χ4v) is 4.31. The van der Waals surface area contributed by atoms with Crippen LogP contribution < -0.4 is 10.0 Å². The minimum absolute atomic E-state index is 0.0869. The highest BCUT2D eigenvalue weighted by atomic mass is 32.2. The van der Waals surface area contributed by atoms with Crippen LogP contribution in [0.5, 0.6) is 0 Å². The Kier molecular flexibility index (Phi) is 7.39. The SMILES string of the molecule is CC(C)c1cc(C#N)cc(C(C)C)c1NC(=O)NS(=N)c1ccc(S(C)(=O)=O)cc1. The summed E-state index contributed by atoms with van der Waals surface area (Å²) in [5.41, 5.74) is 2.91. The van der Waals surface area contributed by atoms with E-state index in [1.165, 1.54) is 24.3 Å². The third-order valence-corrected chi connectivity index (χ3v) is 6.75. The molecule has 0 bridgehead atoms. The van der Waals surface area contributed by atoms with Crippen LogP contribution in [0.3, 0.4) is 0 Å². The Balaban J connectivity index is 2.27.